The van der Waals surface area contributed by atoms with Crippen molar-refractivity contribution in [1.82, 2.24) is 15.3 Å². The average molecular weight is 305 g/mol. The maximum atomic E-state index is 12.4. The van der Waals surface area contributed by atoms with Crippen molar-refractivity contribution in [2.24, 2.45) is 11.7 Å². The highest BCUT2D eigenvalue weighted by atomic mass is 19.4. The molecule has 1 heterocycles. The third-order valence-electron chi connectivity index (χ3n) is 2.67. The lowest BCUT2D eigenvalue weighted by Crippen LogP contribution is -2.45. The summed E-state index contributed by atoms with van der Waals surface area (Å²) >= 11 is 0. The third-order valence-corrected chi connectivity index (χ3v) is 2.67. The Hall–Kier alpha value is -1.90. The van der Waals surface area contributed by atoms with E-state index in [0.29, 0.717) is 0 Å². The minimum atomic E-state index is -4.52. The van der Waals surface area contributed by atoms with Gasteiger partial charge in [-0.3, -0.25) is 4.79 Å². The molecule has 6 nitrogen and oxygen atoms in total. The molecule has 1 aromatic rings. The van der Waals surface area contributed by atoms with E-state index in [-0.39, 0.29) is 30.9 Å². The summed E-state index contributed by atoms with van der Waals surface area (Å²) in [5.41, 5.74) is 4.62. The number of hydrogen-bond donors (Lipinski definition) is 3. The number of alkyl halides is 3. The van der Waals surface area contributed by atoms with E-state index in [2.05, 4.69) is 20.6 Å². The van der Waals surface area contributed by atoms with Crippen LogP contribution in [0.3, 0.4) is 0 Å². The lowest BCUT2D eigenvalue weighted by Gasteiger charge is -2.15. The molecule has 0 aliphatic carbocycles. The number of nitrogens with two attached hydrogens (primary N) is 1. The molecule has 0 aromatic carbocycles. The maximum Gasteiger partial charge on any atom is 0.433 e. The minimum absolute atomic E-state index is 0.00441. The molecule has 9 heteroatoms. The van der Waals surface area contributed by atoms with Crippen LogP contribution in [0.5, 0.6) is 0 Å². The first-order chi connectivity index (χ1) is 9.71. The van der Waals surface area contributed by atoms with Crippen LogP contribution < -0.4 is 16.4 Å². The zero-order valence-electron chi connectivity index (χ0n) is 11.7. The fourth-order valence-electron chi connectivity index (χ4n) is 1.38. The molecular weight excluding hydrogens is 287 g/mol. The zero-order valence-corrected chi connectivity index (χ0v) is 11.7. The Morgan fingerprint density at radius 3 is 2.62 bits per heavy atom. The second-order valence-electron chi connectivity index (χ2n) is 4.75. The Labute approximate surface area is 120 Å². The number of nitrogens with one attached hydrogen (secondary N) is 2. The molecule has 0 aliphatic rings. The largest absolute Gasteiger partial charge is 0.433 e. The van der Waals surface area contributed by atoms with Crippen molar-refractivity contribution >= 4 is 11.9 Å². The van der Waals surface area contributed by atoms with E-state index in [1.54, 1.807) is 0 Å². The lowest BCUT2D eigenvalue weighted by atomic mass is 10.1. The molecule has 21 heavy (non-hydrogen) atoms. The van der Waals surface area contributed by atoms with Gasteiger partial charge in [0.05, 0.1) is 6.04 Å². The van der Waals surface area contributed by atoms with Crippen molar-refractivity contribution in [2.45, 2.75) is 26.1 Å². The average Bonchev–Trinajstić information content (AvgIpc) is 2.41. The van der Waals surface area contributed by atoms with Crippen LogP contribution in [0.25, 0.3) is 0 Å². The summed E-state index contributed by atoms with van der Waals surface area (Å²) in [7, 11) is 0. The van der Waals surface area contributed by atoms with Gasteiger partial charge in [-0.15, -0.1) is 0 Å². The van der Waals surface area contributed by atoms with Crippen LogP contribution in [0.15, 0.2) is 12.3 Å². The van der Waals surface area contributed by atoms with E-state index in [1.807, 2.05) is 13.8 Å². The molecule has 0 spiro atoms. The normalized spacial score (nSPS) is 13.1. The van der Waals surface area contributed by atoms with E-state index in [9.17, 15) is 18.0 Å². The number of rotatable bonds is 6. The Balaban J connectivity index is 2.42. The van der Waals surface area contributed by atoms with E-state index >= 15 is 0 Å². The molecular formula is C12H18F3N5O. The molecule has 0 unspecified atom stereocenters. The summed E-state index contributed by atoms with van der Waals surface area (Å²) in [6.07, 6.45) is -3.50. The van der Waals surface area contributed by atoms with Crippen molar-refractivity contribution in [3.8, 4) is 0 Å². The first kappa shape index (κ1) is 17.2. The third kappa shape index (κ3) is 5.54. The summed E-state index contributed by atoms with van der Waals surface area (Å²) in [6, 6.07) is 0.170. The highest BCUT2D eigenvalue weighted by Gasteiger charge is 2.32. The van der Waals surface area contributed by atoms with Gasteiger partial charge in [-0.1, -0.05) is 13.8 Å². The molecule has 1 rings (SSSR count). The van der Waals surface area contributed by atoms with Crippen LogP contribution in [0, 0.1) is 5.92 Å². The van der Waals surface area contributed by atoms with Gasteiger partial charge in [0.25, 0.3) is 0 Å². The van der Waals surface area contributed by atoms with Crippen molar-refractivity contribution in [1.29, 1.82) is 0 Å². The number of carbonyl (C=O) groups is 1. The second kappa shape index (κ2) is 7.21. The van der Waals surface area contributed by atoms with Gasteiger partial charge in [0.15, 0.2) is 0 Å². The second-order valence-corrected chi connectivity index (χ2v) is 4.75. The molecule has 0 bridgehead atoms. The monoisotopic (exact) mass is 305 g/mol. The maximum absolute atomic E-state index is 12.4. The molecule has 1 amide bonds. The van der Waals surface area contributed by atoms with Crippen LogP contribution >= 0.6 is 0 Å². The SMILES string of the molecule is CC(C)[C@H](N)C(=O)NCCNc1nccc(C(F)(F)F)n1. The molecule has 0 radical (unpaired) electrons. The molecule has 1 aromatic heterocycles. The standard InChI is InChI=1S/C12H18F3N5O/c1-7(2)9(16)10(21)17-5-6-19-11-18-4-3-8(20-11)12(13,14)15/h3-4,7,9H,5-6,16H2,1-2H3,(H,17,21)(H,18,19,20)/t9-/m0/s1. The minimum Gasteiger partial charge on any atom is -0.353 e. The number of hydrogen-bond acceptors (Lipinski definition) is 5. The zero-order chi connectivity index (χ0) is 16.0. The Bertz CT molecular complexity index is 478. The van der Waals surface area contributed by atoms with Gasteiger partial charge < -0.3 is 16.4 Å². The van der Waals surface area contributed by atoms with Gasteiger partial charge in [0.1, 0.15) is 5.69 Å². The predicted octanol–water partition coefficient (Wildman–Crippen LogP) is 1.01. The number of aromatic nitrogens is 2. The van der Waals surface area contributed by atoms with Gasteiger partial charge in [0.2, 0.25) is 11.9 Å². The van der Waals surface area contributed by atoms with Crippen molar-refractivity contribution in [2.75, 3.05) is 18.4 Å². The van der Waals surface area contributed by atoms with Gasteiger partial charge in [-0.05, 0) is 12.0 Å². The highest BCUT2D eigenvalue weighted by molar-refractivity contribution is 5.81. The summed E-state index contributed by atoms with van der Waals surface area (Å²) < 4.78 is 37.3. The Morgan fingerprint density at radius 1 is 1.38 bits per heavy atom. The molecule has 0 aliphatic heterocycles. The van der Waals surface area contributed by atoms with Gasteiger partial charge in [-0.25, -0.2) is 9.97 Å². The fourth-order valence-corrected chi connectivity index (χ4v) is 1.38. The van der Waals surface area contributed by atoms with Gasteiger partial charge >= 0.3 is 6.18 Å². The van der Waals surface area contributed by atoms with Crippen molar-refractivity contribution < 1.29 is 18.0 Å². The first-order valence-corrected chi connectivity index (χ1v) is 6.39. The lowest BCUT2D eigenvalue weighted by molar-refractivity contribution is -0.141. The molecule has 0 fully saturated rings. The van der Waals surface area contributed by atoms with Crippen molar-refractivity contribution in [3.63, 3.8) is 0 Å². The smallest absolute Gasteiger partial charge is 0.353 e. The molecule has 0 saturated carbocycles. The molecule has 4 N–H and O–H groups in total. The highest BCUT2D eigenvalue weighted by Crippen LogP contribution is 2.27. The number of anilines is 1. The van der Waals surface area contributed by atoms with E-state index in [4.69, 9.17) is 5.73 Å². The Kier molecular flexibility index (Phi) is 5.89. The summed E-state index contributed by atoms with van der Waals surface area (Å²) in [5.74, 6) is -0.450. The molecule has 1 atom stereocenters. The molecule has 118 valence electrons. The van der Waals surface area contributed by atoms with Gasteiger partial charge in [-0.2, -0.15) is 13.2 Å². The summed E-state index contributed by atoms with van der Waals surface area (Å²) in [6.45, 7) is 4.04. The topological polar surface area (TPSA) is 92.9 Å². The Morgan fingerprint density at radius 2 is 2.05 bits per heavy atom. The summed E-state index contributed by atoms with van der Waals surface area (Å²) in [5, 5.41) is 5.18. The van der Waals surface area contributed by atoms with E-state index < -0.39 is 17.9 Å². The fraction of sp³-hybridized carbons (Fsp3) is 0.583. The quantitative estimate of drug-likeness (QED) is 0.682. The van der Waals surface area contributed by atoms with Crippen LogP contribution in [0.4, 0.5) is 19.1 Å². The predicted molar refractivity (Wildman–Crippen MR) is 71.3 cm³/mol. The van der Waals surface area contributed by atoms with E-state index in [1.165, 1.54) is 0 Å². The van der Waals surface area contributed by atoms with Crippen LogP contribution in [0.2, 0.25) is 0 Å². The van der Waals surface area contributed by atoms with Crippen LogP contribution in [0.1, 0.15) is 19.5 Å². The summed E-state index contributed by atoms with van der Waals surface area (Å²) in [4.78, 5) is 18.6. The van der Waals surface area contributed by atoms with Crippen LogP contribution in [-0.2, 0) is 11.0 Å². The first-order valence-electron chi connectivity index (χ1n) is 6.39. The van der Waals surface area contributed by atoms with Gasteiger partial charge in [0, 0.05) is 19.3 Å². The van der Waals surface area contributed by atoms with Crippen molar-refractivity contribution in [3.05, 3.63) is 18.0 Å². The van der Waals surface area contributed by atoms with Crippen LogP contribution in [-0.4, -0.2) is 35.0 Å². The number of nitrogens with zero attached hydrogens (tertiary/aromatic N) is 2. The number of halogens is 3. The number of amides is 1. The number of carbonyl (C=O) groups excluding carboxylic acids is 1. The van der Waals surface area contributed by atoms with E-state index in [0.717, 1.165) is 12.3 Å². The molecule has 0 saturated heterocycles.